The highest BCUT2D eigenvalue weighted by Crippen LogP contribution is 2.37. The van der Waals surface area contributed by atoms with Crippen LogP contribution in [-0.2, 0) is 0 Å². The van der Waals surface area contributed by atoms with Gasteiger partial charge in [0.2, 0.25) is 0 Å². The lowest BCUT2D eigenvalue weighted by molar-refractivity contribution is 0.288. The first-order valence-electron chi connectivity index (χ1n) is 6.18. The van der Waals surface area contributed by atoms with E-state index in [2.05, 4.69) is 6.92 Å². The van der Waals surface area contributed by atoms with Crippen molar-refractivity contribution in [2.45, 2.75) is 19.8 Å². The van der Waals surface area contributed by atoms with Gasteiger partial charge < -0.3 is 9.47 Å². The van der Waals surface area contributed by atoms with Crippen LogP contribution in [0.15, 0.2) is 17.7 Å². The molecule has 0 atom stereocenters. The summed E-state index contributed by atoms with van der Waals surface area (Å²) in [6, 6.07) is 6.92. The van der Waals surface area contributed by atoms with Crippen molar-refractivity contribution in [2.24, 2.45) is 0 Å². The van der Waals surface area contributed by atoms with Gasteiger partial charge in [0.25, 0.3) is 0 Å². The molecule has 0 fully saturated rings. The van der Waals surface area contributed by atoms with E-state index in [1.807, 2.05) is 0 Å². The topological polar surface area (TPSA) is 66.0 Å². The number of benzene rings is 1. The average molecular weight is 291 g/mol. The third kappa shape index (κ3) is 4.19. The van der Waals surface area contributed by atoms with Crippen LogP contribution in [0.4, 0.5) is 0 Å². The normalized spacial score (nSPS) is 9.25. The summed E-state index contributed by atoms with van der Waals surface area (Å²) in [4.78, 5) is 0. The monoisotopic (exact) mass is 290 g/mol. The summed E-state index contributed by atoms with van der Waals surface area (Å²) in [5.41, 5.74) is 0.621. The van der Waals surface area contributed by atoms with Crippen LogP contribution in [0.1, 0.15) is 25.3 Å². The second-order valence-corrected chi connectivity index (χ2v) is 4.42. The van der Waals surface area contributed by atoms with Gasteiger partial charge in [0.1, 0.15) is 17.7 Å². The molecule has 0 amide bonds. The molecule has 0 spiro atoms. The molecule has 20 heavy (non-hydrogen) atoms. The molecule has 1 aromatic rings. The summed E-state index contributed by atoms with van der Waals surface area (Å²) < 4.78 is 10.8. The molecule has 0 bridgehead atoms. The van der Waals surface area contributed by atoms with E-state index < -0.39 is 0 Å². The second-order valence-electron chi connectivity index (χ2n) is 4.02. The van der Waals surface area contributed by atoms with Crippen molar-refractivity contribution in [1.82, 2.24) is 0 Å². The van der Waals surface area contributed by atoms with Gasteiger partial charge in [-0.3, -0.25) is 0 Å². The van der Waals surface area contributed by atoms with Gasteiger partial charge in [0.05, 0.1) is 18.7 Å². The van der Waals surface area contributed by atoms with Gasteiger partial charge in [-0.1, -0.05) is 24.9 Å². The molecule has 0 aliphatic rings. The Morgan fingerprint density at radius 1 is 1.35 bits per heavy atom. The molecule has 4 nitrogen and oxygen atoms in total. The molecule has 104 valence electrons. The molecule has 1 aromatic carbocycles. The lowest BCUT2D eigenvalue weighted by atomic mass is 10.1. The number of unbranched alkanes of at least 4 members (excludes halogenated alkanes) is 1. The first-order valence-corrected chi connectivity index (χ1v) is 6.56. The van der Waals surface area contributed by atoms with Crippen LogP contribution in [-0.4, -0.2) is 13.7 Å². The Labute approximate surface area is 123 Å². The number of nitrogens with zero attached hydrogens (tertiary/aromatic N) is 2. The van der Waals surface area contributed by atoms with Crippen molar-refractivity contribution in [3.63, 3.8) is 0 Å². The van der Waals surface area contributed by atoms with Gasteiger partial charge in [-0.2, -0.15) is 10.5 Å². The van der Waals surface area contributed by atoms with Gasteiger partial charge in [-0.25, -0.2) is 0 Å². The number of rotatable bonds is 6. The van der Waals surface area contributed by atoms with E-state index in [0.29, 0.717) is 28.7 Å². The molecule has 0 aliphatic carbocycles. The number of hydrogen-bond acceptors (Lipinski definition) is 4. The number of ether oxygens (including phenoxy) is 2. The largest absolute Gasteiger partial charge is 0.493 e. The van der Waals surface area contributed by atoms with E-state index in [9.17, 15) is 0 Å². The smallest absolute Gasteiger partial charge is 0.179 e. The van der Waals surface area contributed by atoms with Gasteiger partial charge in [-0.05, 0) is 30.2 Å². The van der Waals surface area contributed by atoms with E-state index >= 15 is 0 Å². The number of allylic oxidation sites excluding steroid dienone is 1. The van der Waals surface area contributed by atoms with Crippen molar-refractivity contribution in [3.05, 3.63) is 28.3 Å². The Morgan fingerprint density at radius 3 is 2.60 bits per heavy atom. The molecule has 1 rings (SSSR count). The summed E-state index contributed by atoms with van der Waals surface area (Å²) in [5.74, 6) is 0.963. The number of methoxy groups -OCH3 is 1. The van der Waals surface area contributed by atoms with Crippen molar-refractivity contribution in [3.8, 4) is 23.6 Å². The zero-order chi connectivity index (χ0) is 15.0. The molecule has 5 heteroatoms. The lowest BCUT2D eigenvalue weighted by Crippen LogP contribution is -2.00. The highest BCUT2D eigenvalue weighted by atomic mass is 35.5. The van der Waals surface area contributed by atoms with E-state index in [4.69, 9.17) is 31.6 Å². The fourth-order valence-electron chi connectivity index (χ4n) is 1.54. The highest BCUT2D eigenvalue weighted by Gasteiger charge is 2.11. The van der Waals surface area contributed by atoms with Crippen LogP contribution < -0.4 is 9.47 Å². The van der Waals surface area contributed by atoms with E-state index in [1.165, 1.54) is 13.2 Å². The predicted octanol–water partition coefficient (Wildman–Crippen LogP) is 3.96. The summed E-state index contributed by atoms with van der Waals surface area (Å²) in [7, 11) is 1.52. The SMILES string of the molecule is CCCCOc1c(Cl)cc(C=C(C#N)C#N)cc1OC. The minimum Gasteiger partial charge on any atom is -0.493 e. The molecule has 0 unspecified atom stereocenters. The average Bonchev–Trinajstić information content (AvgIpc) is 2.46. The lowest BCUT2D eigenvalue weighted by Gasteiger charge is -2.13. The quantitative estimate of drug-likeness (QED) is 0.587. The Morgan fingerprint density at radius 2 is 2.05 bits per heavy atom. The van der Waals surface area contributed by atoms with Crippen molar-refractivity contribution < 1.29 is 9.47 Å². The minimum absolute atomic E-state index is 0.00257. The van der Waals surface area contributed by atoms with Crippen LogP contribution >= 0.6 is 11.6 Å². The highest BCUT2D eigenvalue weighted by molar-refractivity contribution is 6.32. The summed E-state index contributed by atoms with van der Waals surface area (Å²) in [6.45, 7) is 2.63. The van der Waals surface area contributed by atoms with Crippen LogP contribution in [0, 0.1) is 22.7 Å². The van der Waals surface area contributed by atoms with Crippen molar-refractivity contribution in [1.29, 1.82) is 10.5 Å². The fourth-order valence-corrected chi connectivity index (χ4v) is 1.81. The number of nitriles is 2. The number of halogens is 1. The molecule has 0 saturated heterocycles. The maximum absolute atomic E-state index is 8.75. The van der Waals surface area contributed by atoms with Crippen LogP contribution in [0.5, 0.6) is 11.5 Å². The first kappa shape index (κ1) is 15.9. The summed E-state index contributed by atoms with van der Waals surface area (Å²) in [5, 5.41) is 17.9. The molecular weight excluding hydrogens is 276 g/mol. The molecule has 0 heterocycles. The maximum atomic E-state index is 8.75. The summed E-state index contributed by atoms with van der Waals surface area (Å²) >= 11 is 6.16. The maximum Gasteiger partial charge on any atom is 0.179 e. The van der Waals surface area contributed by atoms with E-state index in [0.717, 1.165) is 12.8 Å². The third-order valence-electron chi connectivity index (χ3n) is 2.55. The van der Waals surface area contributed by atoms with Crippen molar-refractivity contribution in [2.75, 3.05) is 13.7 Å². The third-order valence-corrected chi connectivity index (χ3v) is 2.83. The Balaban J connectivity index is 3.11. The number of hydrogen-bond donors (Lipinski definition) is 0. The Bertz CT molecular complexity index is 567. The molecular formula is C15H15ClN2O2. The van der Waals surface area contributed by atoms with Gasteiger partial charge in [-0.15, -0.1) is 0 Å². The Hall–Kier alpha value is -2.17. The van der Waals surface area contributed by atoms with Crippen LogP contribution in [0.3, 0.4) is 0 Å². The first-order chi connectivity index (χ1) is 9.65. The van der Waals surface area contributed by atoms with Gasteiger partial charge in [0.15, 0.2) is 11.5 Å². The standard InChI is InChI=1S/C15H15ClN2O2/c1-3-4-5-20-15-13(16)7-11(8-14(15)19-2)6-12(9-17)10-18/h6-8H,3-5H2,1-2H3. The second kappa shape index (κ2) is 8.09. The molecule has 0 N–H and O–H groups in total. The molecule has 0 radical (unpaired) electrons. The van der Waals surface area contributed by atoms with E-state index in [1.54, 1.807) is 24.3 Å². The zero-order valence-corrected chi connectivity index (χ0v) is 12.2. The zero-order valence-electron chi connectivity index (χ0n) is 11.4. The Kier molecular flexibility index (Phi) is 6.43. The van der Waals surface area contributed by atoms with E-state index in [-0.39, 0.29) is 5.57 Å². The fraction of sp³-hybridized carbons (Fsp3) is 0.333. The minimum atomic E-state index is 0.00257. The van der Waals surface area contributed by atoms with Gasteiger partial charge >= 0.3 is 0 Å². The molecule has 0 saturated carbocycles. The van der Waals surface area contributed by atoms with Gasteiger partial charge in [0, 0.05) is 0 Å². The van der Waals surface area contributed by atoms with Crippen LogP contribution in [0.25, 0.3) is 6.08 Å². The molecule has 0 aliphatic heterocycles. The molecule has 0 aromatic heterocycles. The van der Waals surface area contributed by atoms with Crippen molar-refractivity contribution >= 4 is 17.7 Å². The van der Waals surface area contributed by atoms with Crippen LogP contribution in [0.2, 0.25) is 5.02 Å². The summed E-state index contributed by atoms with van der Waals surface area (Å²) in [6.07, 6.45) is 3.40. The predicted molar refractivity (Wildman–Crippen MR) is 77.6 cm³/mol.